The van der Waals surface area contributed by atoms with Crippen molar-refractivity contribution in [3.05, 3.63) is 58.1 Å². The van der Waals surface area contributed by atoms with E-state index in [1.54, 1.807) is 30.3 Å². The highest BCUT2D eigenvalue weighted by atomic mass is 35.5. The van der Waals surface area contributed by atoms with Crippen molar-refractivity contribution >= 4 is 39.2 Å². The first-order valence-electron chi connectivity index (χ1n) is 8.08. The summed E-state index contributed by atoms with van der Waals surface area (Å²) < 4.78 is 36.9. The molecule has 0 aliphatic carbocycles. The first-order chi connectivity index (χ1) is 12.8. The standard InChI is InChI=1S/C18H19Cl2NO5S/c1-13-5-7-14(8-6-13)27(23,24)21-10-9-17(22)25-11-12-26-18-15(19)3-2-4-16(18)20/h2-8,21H,9-12H2,1H3. The zero-order chi connectivity index (χ0) is 19.9. The van der Waals surface area contributed by atoms with Crippen LogP contribution in [-0.2, 0) is 19.6 Å². The first kappa shape index (κ1) is 21.5. The van der Waals surface area contributed by atoms with E-state index >= 15 is 0 Å². The quantitative estimate of drug-likeness (QED) is 0.484. The molecular weight excluding hydrogens is 413 g/mol. The Labute approximate surface area is 168 Å². The maximum Gasteiger partial charge on any atom is 0.307 e. The normalized spacial score (nSPS) is 11.2. The number of aryl methyl sites for hydroxylation is 1. The second kappa shape index (κ2) is 9.94. The minimum atomic E-state index is -3.66. The maximum absolute atomic E-state index is 12.1. The number of halogens is 2. The van der Waals surface area contributed by atoms with E-state index in [-0.39, 0.29) is 31.1 Å². The average Bonchev–Trinajstić information content (AvgIpc) is 2.61. The fraction of sp³-hybridized carbons (Fsp3) is 0.278. The molecule has 2 aromatic rings. The zero-order valence-electron chi connectivity index (χ0n) is 14.6. The lowest BCUT2D eigenvalue weighted by Gasteiger charge is -2.10. The Balaban J connectivity index is 1.70. The summed E-state index contributed by atoms with van der Waals surface area (Å²) in [6.07, 6.45) is -0.0993. The fourth-order valence-electron chi connectivity index (χ4n) is 2.08. The Bertz CT molecular complexity index is 865. The van der Waals surface area contributed by atoms with Gasteiger partial charge >= 0.3 is 5.97 Å². The summed E-state index contributed by atoms with van der Waals surface area (Å²) in [5, 5.41) is 0.721. The van der Waals surface area contributed by atoms with E-state index in [9.17, 15) is 13.2 Å². The molecule has 0 aromatic heterocycles. The number of sulfonamides is 1. The van der Waals surface area contributed by atoms with Crippen LogP contribution in [0.3, 0.4) is 0 Å². The molecule has 0 saturated carbocycles. The van der Waals surface area contributed by atoms with Gasteiger partial charge in [0.15, 0.2) is 5.75 Å². The molecule has 6 nitrogen and oxygen atoms in total. The summed E-state index contributed by atoms with van der Waals surface area (Å²) in [5.74, 6) is -0.224. The molecule has 9 heteroatoms. The van der Waals surface area contributed by atoms with Gasteiger partial charge in [-0.15, -0.1) is 0 Å². The molecule has 0 amide bonds. The number of benzene rings is 2. The van der Waals surface area contributed by atoms with Crippen LogP contribution in [0.25, 0.3) is 0 Å². The molecule has 1 N–H and O–H groups in total. The number of hydrogen-bond acceptors (Lipinski definition) is 5. The molecule has 0 bridgehead atoms. The molecular formula is C18H19Cl2NO5S. The molecule has 0 atom stereocenters. The Morgan fingerprint density at radius 3 is 2.30 bits per heavy atom. The number of carbonyl (C=O) groups excluding carboxylic acids is 1. The van der Waals surface area contributed by atoms with Gasteiger partial charge in [-0.3, -0.25) is 4.79 Å². The van der Waals surface area contributed by atoms with E-state index in [0.717, 1.165) is 5.56 Å². The number of ether oxygens (including phenoxy) is 2. The van der Waals surface area contributed by atoms with E-state index in [2.05, 4.69) is 4.72 Å². The van der Waals surface area contributed by atoms with Crippen molar-refractivity contribution in [2.45, 2.75) is 18.2 Å². The largest absolute Gasteiger partial charge is 0.487 e. The lowest BCUT2D eigenvalue weighted by atomic mass is 10.2. The second-order valence-corrected chi connectivity index (χ2v) is 8.16. The highest BCUT2D eigenvalue weighted by Gasteiger charge is 2.14. The molecule has 0 heterocycles. The van der Waals surface area contributed by atoms with Gasteiger partial charge in [0.25, 0.3) is 0 Å². The van der Waals surface area contributed by atoms with E-state index in [4.69, 9.17) is 32.7 Å². The van der Waals surface area contributed by atoms with Crippen LogP contribution in [0.2, 0.25) is 10.0 Å². The van der Waals surface area contributed by atoms with Crippen molar-refractivity contribution in [3.63, 3.8) is 0 Å². The lowest BCUT2D eigenvalue weighted by molar-refractivity contribution is -0.144. The van der Waals surface area contributed by atoms with Crippen molar-refractivity contribution < 1.29 is 22.7 Å². The second-order valence-electron chi connectivity index (χ2n) is 5.58. The molecule has 0 fully saturated rings. The van der Waals surface area contributed by atoms with Gasteiger partial charge in [-0.1, -0.05) is 47.0 Å². The highest BCUT2D eigenvalue weighted by Crippen LogP contribution is 2.32. The predicted molar refractivity (Wildman–Crippen MR) is 104 cm³/mol. The maximum atomic E-state index is 12.1. The summed E-state index contributed by atoms with van der Waals surface area (Å²) >= 11 is 11.9. The summed E-state index contributed by atoms with van der Waals surface area (Å²) in [6, 6.07) is 11.4. The van der Waals surface area contributed by atoms with Gasteiger partial charge in [0, 0.05) is 6.54 Å². The summed E-state index contributed by atoms with van der Waals surface area (Å²) in [6.45, 7) is 1.87. The SMILES string of the molecule is Cc1ccc(S(=O)(=O)NCCC(=O)OCCOc2c(Cl)cccc2Cl)cc1. The van der Waals surface area contributed by atoms with Crippen molar-refractivity contribution in [3.8, 4) is 5.75 Å². The van der Waals surface area contributed by atoms with Gasteiger partial charge < -0.3 is 9.47 Å². The average molecular weight is 432 g/mol. The van der Waals surface area contributed by atoms with Gasteiger partial charge in [0.05, 0.1) is 21.4 Å². The van der Waals surface area contributed by atoms with Crippen LogP contribution >= 0.6 is 23.2 Å². The van der Waals surface area contributed by atoms with Crippen LogP contribution in [0, 0.1) is 6.92 Å². The van der Waals surface area contributed by atoms with E-state index < -0.39 is 16.0 Å². The molecule has 0 unspecified atom stereocenters. The molecule has 0 radical (unpaired) electrons. The van der Waals surface area contributed by atoms with Gasteiger partial charge in [0.2, 0.25) is 10.0 Å². The molecule has 2 rings (SSSR count). The van der Waals surface area contributed by atoms with Crippen LogP contribution in [0.1, 0.15) is 12.0 Å². The monoisotopic (exact) mass is 431 g/mol. The summed E-state index contributed by atoms with van der Waals surface area (Å²) in [4.78, 5) is 11.8. The lowest BCUT2D eigenvalue weighted by Crippen LogP contribution is -2.27. The third-order valence-electron chi connectivity index (χ3n) is 3.46. The third-order valence-corrected chi connectivity index (χ3v) is 5.54. The fourth-order valence-corrected chi connectivity index (χ4v) is 3.62. The number of carbonyl (C=O) groups is 1. The minimum Gasteiger partial charge on any atom is -0.487 e. The number of esters is 1. The van der Waals surface area contributed by atoms with Gasteiger partial charge in [0.1, 0.15) is 13.2 Å². The molecule has 27 heavy (non-hydrogen) atoms. The number of rotatable bonds is 9. The molecule has 146 valence electrons. The topological polar surface area (TPSA) is 81.7 Å². The van der Waals surface area contributed by atoms with Crippen LogP contribution in [-0.4, -0.2) is 34.1 Å². The smallest absolute Gasteiger partial charge is 0.307 e. The van der Waals surface area contributed by atoms with Crippen LogP contribution in [0.4, 0.5) is 0 Å². The minimum absolute atomic E-state index is 0.00883. The Morgan fingerprint density at radius 1 is 1.04 bits per heavy atom. The highest BCUT2D eigenvalue weighted by molar-refractivity contribution is 7.89. The van der Waals surface area contributed by atoms with E-state index in [1.807, 2.05) is 6.92 Å². The van der Waals surface area contributed by atoms with Crippen LogP contribution in [0.15, 0.2) is 47.4 Å². The van der Waals surface area contributed by atoms with Crippen molar-refractivity contribution in [1.82, 2.24) is 4.72 Å². The molecule has 0 aliphatic heterocycles. The summed E-state index contributed by atoms with van der Waals surface area (Å²) in [7, 11) is -3.66. The van der Waals surface area contributed by atoms with Crippen molar-refractivity contribution in [1.29, 1.82) is 0 Å². The van der Waals surface area contributed by atoms with Crippen molar-refractivity contribution in [2.24, 2.45) is 0 Å². The van der Waals surface area contributed by atoms with E-state index in [1.165, 1.54) is 12.1 Å². The zero-order valence-corrected chi connectivity index (χ0v) is 16.9. The first-order valence-corrected chi connectivity index (χ1v) is 10.3. The molecule has 0 saturated heterocycles. The molecule has 0 spiro atoms. The van der Waals surface area contributed by atoms with Gasteiger partial charge in [-0.25, -0.2) is 13.1 Å². The number of nitrogens with one attached hydrogen (secondary N) is 1. The van der Waals surface area contributed by atoms with Crippen LogP contribution in [0.5, 0.6) is 5.75 Å². The summed E-state index contributed by atoms with van der Waals surface area (Å²) in [5.41, 5.74) is 0.956. The third kappa shape index (κ3) is 6.70. The van der Waals surface area contributed by atoms with Crippen LogP contribution < -0.4 is 9.46 Å². The molecule has 2 aromatic carbocycles. The number of hydrogen-bond donors (Lipinski definition) is 1. The molecule has 0 aliphatic rings. The van der Waals surface area contributed by atoms with Gasteiger partial charge in [-0.2, -0.15) is 0 Å². The number of para-hydroxylation sites is 1. The predicted octanol–water partition coefficient (Wildman–Crippen LogP) is 3.59. The van der Waals surface area contributed by atoms with Crippen molar-refractivity contribution in [2.75, 3.05) is 19.8 Å². The van der Waals surface area contributed by atoms with E-state index in [0.29, 0.717) is 15.8 Å². The Kier molecular flexibility index (Phi) is 7.91. The Morgan fingerprint density at radius 2 is 1.67 bits per heavy atom. The van der Waals surface area contributed by atoms with Gasteiger partial charge in [-0.05, 0) is 31.2 Å². The Hall–Kier alpha value is -1.80.